The summed E-state index contributed by atoms with van der Waals surface area (Å²) in [5.74, 6) is 0.220. The molecule has 0 saturated heterocycles. The maximum atomic E-state index is 12.3. The van der Waals surface area contributed by atoms with Gasteiger partial charge in [0.25, 0.3) is 0 Å². The third kappa shape index (κ3) is 1.68. The first-order valence-corrected chi connectivity index (χ1v) is 7.35. The molecular formula is C17H22O3. The lowest BCUT2D eigenvalue weighted by molar-refractivity contribution is -0.0244. The molecule has 2 aliphatic rings. The van der Waals surface area contributed by atoms with E-state index in [0.717, 1.165) is 12.8 Å². The van der Waals surface area contributed by atoms with Gasteiger partial charge < -0.3 is 9.84 Å². The highest BCUT2D eigenvalue weighted by Crippen LogP contribution is 2.66. The van der Waals surface area contributed by atoms with Crippen molar-refractivity contribution < 1.29 is 14.6 Å². The van der Waals surface area contributed by atoms with Crippen molar-refractivity contribution in [2.75, 3.05) is 0 Å². The van der Waals surface area contributed by atoms with Gasteiger partial charge in [-0.1, -0.05) is 32.9 Å². The van der Waals surface area contributed by atoms with Gasteiger partial charge in [-0.3, -0.25) is 0 Å². The Hall–Kier alpha value is -1.51. The van der Waals surface area contributed by atoms with Gasteiger partial charge in [0.15, 0.2) is 0 Å². The molecule has 3 rings (SSSR count). The number of rotatable bonds is 2. The van der Waals surface area contributed by atoms with Crippen molar-refractivity contribution in [2.24, 2.45) is 16.7 Å². The molecule has 2 fully saturated rings. The molecule has 0 aliphatic heterocycles. The summed E-state index contributed by atoms with van der Waals surface area (Å²) in [7, 11) is 0. The van der Waals surface area contributed by atoms with E-state index in [1.54, 1.807) is 18.2 Å². The predicted octanol–water partition coefficient (Wildman–Crippen LogP) is 3.76. The first-order chi connectivity index (χ1) is 9.36. The van der Waals surface area contributed by atoms with Gasteiger partial charge >= 0.3 is 5.97 Å². The second-order valence-corrected chi connectivity index (χ2v) is 7.02. The van der Waals surface area contributed by atoms with Crippen LogP contribution in [-0.2, 0) is 4.74 Å². The number of carbonyl (C=O) groups excluding carboxylic acids is 1. The van der Waals surface area contributed by atoms with Crippen molar-refractivity contribution in [3.8, 4) is 5.75 Å². The maximum absolute atomic E-state index is 12.3. The number of phenolic OH excluding ortho intramolecular Hbond substituents is 1. The summed E-state index contributed by atoms with van der Waals surface area (Å²) in [6.45, 7) is 6.82. The average Bonchev–Trinajstić information content (AvgIpc) is 2.72. The summed E-state index contributed by atoms with van der Waals surface area (Å²) in [5, 5.41) is 9.75. The standard InChI is InChI=1S/C17H22O3/c1-16(2)11-8-9-17(16,3)14(10-11)20-15(19)12-6-4-5-7-13(12)18/h4-7,11,14,18H,8-10H2,1-3H3/t11-,14+,17+/m1/s1. The maximum Gasteiger partial charge on any atom is 0.342 e. The largest absolute Gasteiger partial charge is 0.507 e. The number of fused-ring (bicyclic) bond motifs is 2. The Balaban J connectivity index is 1.81. The molecule has 0 aromatic heterocycles. The minimum atomic E-state index is -0.405. The molecule has 3 heteroatoms. The molecule has 3 nitrogen and oxygen atoms in total. The first kappa shape index (κ1) is 13.5. The molecular weight excluding hydrogens is 252 g/mol. The van der Waals surface area contributed by atoms with Gasteiger partial charge in [0.1, 0.15) is 17.4 Å². The molecule has 20 heavy (non-hydrogen) atoms. The lowest BCUT2D eigenvalue weighted by Gasteiger charge is -2.38. The van der Waals surface area contributed by atoms with Crippen molar-refractivity contribution in [1.29, 1.82) is 0 Å². The number of benzene rings is 1. The van der Waals surface area contributed by atoms with Gasteiger partial charge in [0.2, 0.25) is 0 Å². The Morgan fingerprint density at radius 3 is 2.55 bits per heavy atom. The van der Waals surface area contributed by atoms with E-state index in [1.165, 1.54) is 12.5 Å². The van der Waals surface area contributed by atoms with E-state index in [0.29, 0.717) is 5.92 Å². The van der Waals surface area contributed by atoms with Crippen LogP contribution in [0.4, 0.5) is 0 Å². The van der Waals surface area contributed by atoms with Crippen LogP contribution in [-0.4, -0.2) is 17.2 Å². The fourth-order valence-corrected chi connectivity index (χ4v) is 4.15. The summed E-state index contributed by atoms with van der Waals surface area (Å²) in [6, 6.07) is 6.57. The molecule has 1 aromatic carbocycles. The zero-order valence-electron chi connectivity index (χ0n) is 12.3. The van der Waals surface area contributed by atoms with Crippen LogP contribution in [0, 0.1) is 16.7 Å². The topological polar surface area (TPSA) is 46.5 Å². The summed E-state index contributed by atoms with van der Waals surface area (Å²) >= 11 is 0. The third-order valence-electron chi connectivity index (χ3n) is 6.09. The summed E-state index contributed by atoms with van der Waals surface area (Å²) < 4.78 is 5.75. The Labute approximate surface area is 120 Å². The smallest absolute Gasteiger partial charge is 0.342 e. The quantitative estimate of drug-likeness (QED) is 0.835. The molecule has 2 saturated carbocycles. The lowest BCUT2D eigenvalue weighted by atomic mass is 9.70. The first-order valence-electron chi connectivity index (χ1n) is 7.35. The molecule has 0 spiro atoms. The number of esters is 1. The van der Waals surface area contributed by atoms with Gasteiger partial charge in [0.05, 0.1) is 0 Å². The predicted molar refractivity (Wildman–Crippen MR) is 76.5 cm³/mol. The number of aromatic hydroxyl groups is 1. The van der Waals surface area contributed by atoms with Crippen LogP contribution >= 0.6 is 0 Å². The van der Waals surface area contributed by atoms with Crippen molar-refractivity contribution >= 4 is 5.97 Å². The molecule has 0 amide bonds. The van der Waals surface area contributed by atoms with Gasteiger partial charge in [-0.05, 0) is 42.7 Å². The van der Waals surface area contributed by atoms with Crippen LogP contribution in [0.15, 0.2) is 24.3 Å². The summed E-state index contributed by atoms with van der Waals surface area (Å²) in [4.78, 5) is 12.3. The summed E-state index contributed by atoms with van der Waals surface area (Å²) in [6.07, 6.45) is 3.25. The highest BCUT2D eigenvalue weighted by atomic mass is 16.5. The monoisotopic (exact) mass is 274 g/mol. The van der Waals surface area contributed by atoms with Crippen LogP contribution in [0.3, 0.4) is 0 Å². The minimum absolute atomic E-state index is 0.00919. The van der Waals surface area contributed by atoms with Crippen molar-refractivity contribution in [2.45, 2.75) is 46.1 Å². The molecule has 1 aromatic rings. The molecule has 3 atom stereocenters. The van der Waals surface area contributed by atoms with Gasteiger partial charge in [-0.15, -0.1) is 0 Å². The van der Waals surface area contributed by atoms with E-state index in [-0.39, 0.29) is 28.2 Å². The van der Waals surface area contributed by atoms with E-state index in [4.69, 9.17) is 4.74 Å². The van der Waals surface area contributed by atoms with E-state index >= 15 is 0 Å². The van der Waals surface area contributed by atoms with Crippen LogP contribution in [0.5, 0.6) is 5.75 Å². The number of phenols is 1. The lowest BCUT2D eigenvalue weighted by Crippen LogP contribution is -2.38. The molecule has 108 valence electrons. The van der Waals surface area contributed by atoms with Crippen molar-refractivity contribution in [3.05, 3.63) is 29.8 Å². The Kier molecular flexibility index (Phi) is 2.86. The molecule has 0 radical (unpaired) electrons. The van der Waals surface area contributed by atoms with Crippen LogP contribution in [0.2, 0.25) is 0 Å². The zero-order valence-corrected chi connectivity index (χ0v) is 12.3. The van der Waals surface area contributed by atoms with Crippen molar-refractivity contribution in [3.63, 3.8) is 0 Å². The van der Waals surface area contributed by atoms with E-state index in [2.05, 4.69) is 20.8 Å². The Bertz CT molecular complexity index is 549. The SMILES string of the molecule is CC1(C)[C@@H]2CC[C@@]1(C)[C@@H](OC(=O)c1ccccc1O)C2. The van der Waals surface area contributed by atoms with Crippen molar-refractivity contribution in [1.82, 2.24) is 0 Å². The highest BCUT2D eigenvalue weighted by molar-refractivity contribution is 5.92. The number of para-hydroxylation sites is 1. The second kappa shape index (κ2) is 4.24. The molecule has 1 N–H and O–H groups in total. The zero-order chi connectivity index (χ0) is 14.5. The molecule has 0 heterocycles. The fourth-order valence-electron chi connectivity index (χ4n) is 4.15. The normalized spacial score (nSPS) is 34.1. The van der Waals surface area contributed by atoms with Crippen LogP contribution in [0.25, 0.3) is 0 Å². The second-order valence-electron chi connectivity index (χ2n) is 7.02. The number of ether oxygens (including phenoxy) is 1. The van der Waals surface area contributed by atoms with Gasteiger partial charge in [-0.25, -0.2) is 4.79 Å². The molecule has 2 aliphatic carbocycles. The molecule has 2 bridgehead atoms. The highest BCUT2D eigenvalue weighted by Gasteiger charge is 2.62. The summed E-state index contributed by atoms with van der Waals surface area (Å²) in [5.41, 5.74) is 0.533. The van der Waals surface area contributed by atoms with Gasteiger partial charge in [0, 0.05) is 5.41 Å². The number of hydrogen-bond acceptors (Lipinski definition) is 3. The Morgan fingerprint density at radius 1 is 1.30 bits per heavy atom. The Morgan fingerprint density at radius 2 is 2.00 bits per heavy atom. The minimum Gasteiger partial charge on any atom is -0.507 e. The fraction of sp³-hybridized carbons (Fsp3) is 0.588. The molecule has 0 unspecified atom stereocenters. The van der Waals surface area contributed by atoms with E-state index in [1.807, 2.05) is 0 Å². The number of hydrogen-bond donors (Lipinski definition) is 1. The van der Waals surface area contributed by atoms with Crippen LogP contribution < -0.4 is 0 Å². The van der Waals surface area contributed by atoms with E-state index < -0.39 is 5.97 Å². The van der Waals surface area contributed by atoms with Gasteiger partial charge in [-0.2, -0.15) is 0 Å². The average molecular weight is 274 g/mol. The third-order valence-corrected chi connectivity index (χ3v) is 6.09. The van der Waals surface area contributed by atoms with Crippen LogP contribution in [0.1, 0.15) is 50.4 Å². The number of carbonyl (C=O) groups is 1. The van der Waals surface area contributed by atoms with E-state index in [9.17, 15) is 9.90 Å².